The Balaban J connectivity index is 1.74. The number of aryl methyl sites for hydroxylation is 1. The Morgan fingerprint density at radius 3 is 2.76 bits per heavy atom. The Kier molecular flexibility index (Phi) is 4.62. The molecule has 0 radical (unpaired) electrons. The van der Waals surface area contributed by atoms with Gasteiger partial charge >= 0.3 is 0 Å². The summed E-state index contributed by atoms with van der Waals surface area (Å²) in [6.07, 6.45) is 0.382. The van der Waals surface area contributed by atoms with E-state index in [0.717, 1.165) is 0 Å². The third-order valence-electron chi connectivity index (χ3n) is 5.13. The largest absolute Gasteiger partial charge is 0.507 e. The molecule has 0 aliphatic heterocycles. The number of halogens is 1. The maximum atomic E-state index is 14.2. The number of aromatic hydroxyl groups is 1. The fourth-order valence-electron chi connectivity index (χ4n) is 3.75. The fourth-order valence-corrected chi connectivity index (χ4v) is 3.75. The van der Waals surface area contributed by atoms with Crippen molar-refractivity contribution in [2.24, 2.45) is 5.10 Å². The Labute approximate surface area is 165 Å². The van der Waals surface area contributed by atoms with Crippen LogP contribution in [0, 0.1) is 5.82 Å². The highest BCUT2D eigenvalue weighted by molar-refractivity contribution is 6.09. The summed E-state index contributed by atoms with van der Waals surface area (Å²) >= 11 is 0. The monoisotopic (exact) mass is 394 g/mol. The van der Waals surface area contributed by atoms with Crippen molar-refractivity contribution in [3.05, 3.63) is 69.4 Å². The van der Waals surface area contributed by atoms with Crippen molar-refractivity contribution in [1.29, 1.82) is 0 Å². The van der Waals surface area contributed by atoms with E-state index in [0.29, 0.717) is 40.6 Å². The van der Waals surface area contributed by atoms with Gasteiger partial charge in [0, 0.05) is 23.1 Å². The Morgan fingerprint density at radius 2 is 2.03 bits per heavy atom. The zero-order valence-electron chi connectivity index (χ0n) is 15.9. The minimum Gasteiger partial charge on any atom is -0.507 e. The molecule has 0 saturated heterocycles. The molecule has 1 aliphatic carbocycles. The average molecular weight is 394 g/mol. The molecule has 3 aromatic rings. The molecule has 2 N–H and O–H groups in total. The molecule has 7 nitrogen and oxygen atoms in total. The van der Waals surface area contributed by atoms with Crippen molar-refractivity contribution >= 4 is 22.4 Å². The highest BCUT2D eigenvalue weighted by Gasteiger charge is 2.31. The minimum atomic E-state index is -0.590. The quantitative estimate of drug-likeness (QED) is 0.668. The lowest BCUT2D eigenvalue weighted by Gasteiger charge is -2.09. The number of phenols is 1. The molecule has 1 heterocycles. The SMILES string of the molecule is CCn1nc(C(=O)N/N=C2\C[C@H](C)c3c(F)ccc(O)c32)c2ccccc2c1=O. The Bertz CT molecular complexity index is 1230. The summed E-state index contributed by atoms with van der Waals surface area (Å²) in [5.41, 5.74) is 3.35. The summed E-state index contributed by atoms with van der Waals surface area (Å²) in [7, 11) is 0. The number of nitrogens with one attached hydrogen (secondary N) is 1. The second-order valence-electron chi connectivity index (χ2n) is 6.97. The van der Waals surface area contributed by atoms with Crippen LogP contribution in [-0.4, -0.2) is 26.5 Å². The maximum absolute atomic E-state index is 14.2. The van der Waals surface area contributed by atoms with Crippen LogP contribution >= 0.6 is 0 Å². The van der Waals surface area contributed by atoms with Crippen molar-refractivity contribution in [3.8, 4) is 5.75 Å². The van der Waals surface area contributed by atoms with E-state index in [1.807, 2.05) is 6.92 Å². The van der Waals surface area contributed by atoms with Gasteiger partial charge in [-0.15, -0.1) is 0 Å². The Hall–Kier alpha value is -3.55. The summed E-state index contributed by atoms with van der Waals surface area (Å²) in [5.74, 6) is -1.26. The van der Waals surface area contributed by atoms with Crippen LogP contribution in [0.1, 0.15) is 47.8 Å². The van der Waals surface area contributed by atoms with E-state index in [4.69, 9.17) is 0 Å². The molecule has 1 atom stereocenters. The zero-order valence-corrected chi connectivity index (χ0v) is 15.9. The number of hydrogen-bond acceptors (Lipinski definition) is 5. The van der Waals surface area contributed by atoms with Gasteiger partial charge in [-0.25, -0.2) is 14.5 Å². The zero-order chi connectivity index (χ0) is 20.7. The number of fused-ring (bicyclic) bond motifs is 2. The van der Waals surface area contributed by atoms with Gasteiger partial charge in [0.2, 0.25) is 0 Å². The number of nitrogens with zero attached hydrogens (tertiary/aromatic N) is 3. The van der Waals surface area contributed by atoms with Gasteiger partial charge < -0.3 is 5.11 Å². The number of aromatic nitrogens is 2. The van der Waals surface area contributed by atoms with Crippen molar-refractivity contribution in [2.75, 3.05) is 0 Å². The van der Waals surface area contributed by atoms with Crippen LogP contribution in [0.15, 0.2) is 46.3 Å². The van der Waals surface area contributed by atoms with Crippen LogP contribution in [0.4, 0.5) is 4.39 Å². The molecule has 0 unspecified atom stereocenters. The third kappa shape index (κ3) is 3.06. The van der Waals surface area contributed by atoms with Crippen molar-refractivity contribution < 1.29 is 14.3 Å². The van der Waals surface area contributed by atoms with Crippen LogP contribution in [0.5, 0.6) is 5.75 Å². The van der Waals surface area contributed by atoms with E-state index in [9.17, 15) is 19.1 Å². The van der Waals surface area contributed by atoms with Gasteiger partial charge in [0.15, 0.2) is 5.69 Å². The van der Waals surface area contributed by atoms with Gasteiger partial charge in [-0.3, -0.25) is 9.59 Å². The fraction of sp³-hybridized carbons (Fsp3) is 0.238. The smallest absolute Gasteiger partial charge is 0.292 e. The lowest BCUT2D eigenvalue weighted by molar-refractivity contribution is 0.0949. The first-order chi connectivity index (χ1) is 13.9. The van der Waals surface area contributed by atoms with E-state index in [1.54, 1.807) is 31.2 Å². The molecule has 1 amide bonds. The molecule has 8 heteroatoms. The summed E-state index contributed by atoms with van der Waals surface area (Å²) in [6.45, 7) is 3.91. The maximum Gasteiger partial charge on any atom is 0.292 e. The Morgan fingerprint density at radius 1 is 1.31 bits per heavy atom. The molecule has 4 rings (SSSR count). The van der Waals surface area contributed by atoms with Crippen molar-refractivity contribution in [1.82, 2.24) is 15.2 Å². The molecule has 0 fully saturated rings. The summed E-state index contributed by atoms with van der Waals surface area (Å²) in [4.78, 5) is 25.2. The second-order valence-corrected chi connectivity index (χ2v) is 6.97. The van der Waals surface area contributed by atoms with Gasteiger partial charge in [0.05, 0.1) is 11.1 Å². The molecular weight excluding hydrogens is 375 g/mol. The highest BCUT2D eigenvalue weighted by atomic mass is 19.1. The average Bonchev–Trinajstić information content (AvgIpc) is 3.07. The molecular formula is C21H19FN4O3. The molecule has 1 aliphatic rings. The molecule has 29 heavy (non-hydrogen) atoms. The van der Waals surface area contributed by atoms with Crippen molar-refractivity contribution in [3.63, 3.8) is 0 Å². The molecule has 2 aromatic carbocycles. The third-order valence-corrected chi connectivity index (χ3v) is 5.13. The summed E-state index contributed by atoms with van der Waals surface area (Å²) in [6, 6.07) is 9.23. The van der Waals surface area contributed by atoms with Crippen LogP contribution in [-0.2, 0) is 6.54 Å². The number of amides is 1. The minimum absolute atomic E-state index is 0.0705. The lowest BCUT2D eigenvalue weighted by Crippen LogP contribution is -2.29. The number of carbonyl (C=O) groups excluding carboxylic acids is 1. The van der Waals surface area contributed by atoms with E-state index in [1.165, 1.54) is 16.8 Å². The van der Waals surface area contributed by atoms with Gasteiger partial charge in [0.1, 0.15) is 11.6 Å². The van der Waals surface area contributed by atoms with Gasteiger partial charge in [-0.2, -0.15) is 10.2 Å². The standard InChI is InChI=1S/C21H19FN4O3/c1-3-26-21(29)13-7-5-4-6-12(13)19(25-26)20(28)24-23-15-10-11(2)17-14(22)8-9-16(27)18(15)17/h4-9,11,27H,3,10H2,1-2H3,(H,24,28)/b23-15+/t11-/m0/s1. The topological polar surface area (TPSA) is 96.6 Å². The van der Waals surface area contributed by atoms with Crippen molar-refractivity contribution in [2.45, 2.75) is 32.7 Å². The van der Waals surface area contributed by atoms with E-state index >= 15 is 0 Å². The molecule has 1 aromatic heterocycles. The number of hydrogen-bond donors (Lipinski definition) is 2. The van der Waals surface area contributed by atoms with Gasteiger partial charge in [0.25, 0.3) is 11.5 Å². The number of hydrazone groups is 1. The number of benzene rings is 2. The molecule has 0 bridgehead atoms. The second kappa shape index (κ2) is 7.12. The van der Waals surface area contributed by atoms with Gasteiger partial charge in [-0.1, -0.05) is 25.1 Å². The number of rotatable bonds is 3. The predicted octanol–water partition coefficient (Wildman–Crippen LogP) is 2.90. The van der Waals surface area contributed by atoms with Crippen LogP contribution in [0.2, 0.25) is 0 Å². The lowest BCUT2D eigenvalue weighted by atomic mass is 10.0. The predicted molar refractivity (Wildman–Crippen MR) is 107 cm³/mol. The first-order valence-corrected chi connectivity index (χ1v) is 9.30. The van der Waals surface area contributed by atoms with Crippen LogP contribution in [0.25, 0.3) is 10.8 Å². The molecule has 0 spiro atoms. The van der Waals surface area contributed by atoms with E-state index in [2.05, 4.69) is 15.6 Å². The summed E-state index contributed by atoms with van der Waals surface area (Å²) < 4.78 is 15.4. The number of phenolic OH excluding ortho intramolecular Hbond substituents is 1. The van der Waals surface area contributed by atoms with E-state index in [-0.39, 0.29) is 22.9 Å². The highest BCUT2D eigenvalue weighted by Crippen LogP contribution is 2.39. The first-order valence-electron chi connectivity index (χ1n) is 9.30. The van der Waals surface area contributed by atoms with Crippen LogP contribution in [0.3, 0.4) is 0 Å². The van der Waals surface area contributed by atoms with Crippen LogP contribution < -0.4 is 11.0 Å². The van der Waals surface area contributed by atoms with Gasteiger partial charge in [-0.05, 0) is 37.5 Å². The molecule has 0 saturated carbocycles. The molecule has 148 valence electrons. The normalized spacial score (nSPS) is 16.9. The van der Waals surface area contributed by atoms with E-state index < -0.39 is 11.7 Å². The number of carbonyl (C=O) groups is 1. The summed E-state index contributed by atoms with van der Waals surface area (Å²) in [5, 5.41) is 19.3. The first kappa shape index (κ1) is 18.8.